The first kappa shape index (κ1) is 13.4. The molecule has 100 valence electrons. The fourth-order valence-electron chi connectivity index (χ4n) is 3.57. The molecule has 0 aliphatic heterocycles. The third-order valence-electron chi connectivity index (χ3n) is 4.94. The monoisotopic (exact) mass is 237 g/mol. The highest BCUT2D eigenvalue weighted by Crippen LogP contribution is 2.35. The van der Waals surface area contributed by atoms with Gasteiger partial charge in [-0.15, -0.1) is 0 Å². The molecule has 1 N–H and O–H groups in total. The van der Waals surface area contributed by atoms with Crippen molar-refractivity contribution >= 4 is 0 Å². The van der Waals surface area contributed by atoms with Crippen LogP contribution in [0.15, 0.2) is 0 Å². The van der Waals surface area contributed by atoms with Gasteiger partial charge in [-0.25, -0.2) is 0 Å². The quantitative estimate of drug-likeness (QED) is 0.670. The van der Waals surface area contributed by atoms with Gasteiger partial charge in [-0.1, -0.05) is 51.9 Å². The van der Waals surface area contributed by atoms with Gasteiger partial charge >= 0.3 is 0 Å². The molecule has 2 fully saturated rings. The second-order valence-electron chi connectivity index (χ2n) is 6.34. The second kappa shape index (κ2) is 7.41. The van der Waals surface area contributed by atoms with Crippen LogP contribution in [0.25, 0.3) is 0 Å². The van der Waals surface area contributed by atoms with Crippen molar-refractivity contribution in [2.45, 2.75) is 83.6 Å². The zero-order chi connectivity index (χ0) is 11.9. The van der Waals surface area contributed by atoms with Crippen molar-refractivity contribution in [3.63, 3.8) is 0 Å². The minimum absolute atomic E-state index is 0.854. The average molecular weight is 237 g/mol. The summed E-state index contributed by atoms with van der Waals surface area (Å²) in [5.41, 5.74) is 0. The Balaban J connectivity index is 1.77. The van der Waals surface area contributed by atoms with Crippen LogP contribution in [0.3, 0.4) is 0 Å². The molecule has 0 saturated heterocycles. The Hall–Kier alpha value is -0.0400. The first-order valence-corrected chi connectivity index (χ1v) is 8.13. The lowest BCUT2D eigenvalue weighted by Gasteiger charge is -2.36. The van der Waals surface area contributed by atoms with Crippen molar-refractivity contribution in [2.24, 2.45) is 11.8 Å². The topological polar surface area (TPSA) is 12.0 Å². The minimum atomic E-state index is 0.854. The standard InChI is InChI=1S/C16H31N/c1-2-12-17-16(15-10-7-11-15)13-14-8-5-3-4-6-9-14/h14-17H,2-13H2,1H3. The normalized spacial score (nSPS) is 25.2. The molecule has 17 heavy (non-hydrogen) atoms. The van der Waals surface area contributed by atoms with E-state index >= 15 is 0 Å². The Bertz CT molecular complexity index is 190. The average Bonchev–Trinajstić information content (AvgIpc) is 2.52. The number of hydrogen-bond donors (Lipinski definition) is 1. The van der Waals surface area contributed by atoms with Crippen molar-refractivity contribution in [2.75, 3.05) is 6.54 Å². The molecule has 2 aliphatic rings. The van der Waals surface area contributed by atoms with Gasteiger partial charge in [0.05, 0.1) is 0 Å². The molecule has 2 aliphatic carbocycles. The molecule has 0 bridgehead atoms. The Morgan fingerprint density at radius 3 is 2.18 bits per heavy atom. The van der Waals surface area contributed by atoms with E-state index in [2.05, 4.69) is 12.2 Å². The summed E-state index contributed by atoms with van der Waals surface area (Å²) in [5.74, 6) is 2.05. The van der Waals surface area contributed by atoms with Gasteiger partial charge in [-0.05, 0) is 44.1 Å². The number of hydrogen-bond acceptors (Lipinski definition) is 1. The third kappa shape index (κ3) is 4.28. The van der Waals surface area contributed by atoms with E-state index < -0.39 is 0 Å². The van der Waals surface area contributed by atoms with Crippen molar-refractivity contribution in [3.05, 3.63) is 0 Å². The minimum Gasteiger partial charge on any atom is -0.314 e. The van der Waals surface area contributed by atoms with Crippen LogP contribution in [0.2, 0.25) is 0 Å². The van der Waals surface area contributed by atoms with Crippen molar-refractivity contribution in [1.29, 1.82) is 0 Å². The Labute approximate surface area is 108 Å². The van der Waals surface area contributed by atoms with E-state index in [1.807, 2.05) is 0 Å². The predicted molar refractivity (Wildman–Crippen MR) is 75.2 cm³/mol. The molecule has 0 aromatic heterocycles. The predicted octanol–water partition coefficient (Wildman–Crippen LogP) is 4.52. The molecule has 0 aromatic rings. The van der Waals surface area contributed by atoms with Crippen LogP contribution in [0.1, 0.15) is 77.6 Å². The van der Waals surface area contributed by atoms with Crippen LogP contribution in [0, 0.1) is 11.8 Å². The molecule has 0 spiro atoms. The highest BCUT2D eigenvalue weighted by Gasteiger charge is 2.28. The van der Waals surface area contributed by atoms with Gasteiger partial charge in [0.25, 0.3) is 0 Å². The molecular formula is C16H31N. The SMILES string of the molecule is CCCNC(CC1CCCCCC1)C1CCC1. The Kier molecular flexibility index (Phi) is 5.84. The van der Waals surface area contributed by atoms with E-state index in [1.165, 1.54) is 77.2 Å². The van der Waals surface area contributed by atoms with Crippen LogP contribution in [0.4, 0.5) is 0 Å². The summed E-state index contributed by atoms with van der Waals surface area (Å²) in [6.07, 6.45) is 16.2. The maximum atomic E-state index is 3.84. The molecule has 0 aromatic carbocycles. The van der Waals surface area contributed by atoms with E-state index in [0.717, 1.165) is 17.9 Å². The Morgan fingerprint density at radius 2 is 1.65 bits per heavy atom. The van der Waals surface area contributed by atoms with E-state index in [9.17, 15) is 0 Å². The third-order valence-corrected chi connectivity index (χ3v) is 4.94. The van der Waals surface area contributed by atoms with Crippen LogP contribution in [0.5, 0.6) is 0 Å². The van der Waals surface area contributed by atoms with Gasteiger partial charge in [-0.3, -0.25) is 0 Å². The van der Waals surface area contributed by atoms with E-state index in [0.29, 0.717) is 0 Å². The second-order valence-corrected chi connectivity index (χ2v) is 6.34. The summed E-state index contributed by atoms with van der Waals surface area (Å²) in [6.45, 7) is 3.52. The number of rotatable bonds is 6. The maximum absolute atomic E-state index is 3.84. The summed E-state index contributed by atoms with van der Waals surface area (Å²) in [5, 5.41) is 3.84. The lowest BCUT2D eigenvalue weighted by Crippen LogP contribution is -2.41. The van der Waals surface area contributed by atoms with Gasteiger partial charge in [0, 0.05) is 6.04 Å². The van der Waals surface area contributed by atoms with Crippen LogP contribution in [-0.4, -0.2) is 12.6 Å². The first-order chi connectivity index (χ1) is 8.40. The molecule has 2 saturated carbocycles. The highest BCUT2D eigenvalue weighted by atomic mass is 14.9. The summed E-state index contributed by atoms with van der Waals surface area (Å²) < 4.78 is 0. The van der Waals surface area contributed by atoms with Crippen molar-refractivity contribution in [3.8, 4) is 0 Å². The van der Waals surface area contributed by atoms with Crippen LogP contribution < -0.4 is 5.32 Å². The van der Waals surface area contributed by atoms with E-state index in [-0.39, 0.29) is 0 Å². The maximum Gasteiger partial charge on any atom is 0.00979 e. The largest absolute Gasteiger partial charge is 0.314 e. The molecule has 2 rings (SSSR count). The molecule has 1 atom stereocenters. The van der Waals surface area contributed by atoms with Gasteiger partial charge in [0.2, 0.25) is 0 Å². The zero-order valence-corrected chi connectivity index (χ0v) is 11.7. The molecular weight excluding hydrogens is 206 g/mol. The number of nitrogens with one attached hydrogen (secondary N) is 1. The molecule has 1 unspecified atom stereocenters. The van der Waals surface area contributed by atoms with Crippen LogP contribution in [-0.2, 0) is 0 Å². The van der Waals surface area contributed by atoms with Crippen molar-refractivity contribution < 1.29 is 0 Å². The van der Waals surface area contributed by atoms with E-state index in [4.69, 9.17) is 0 Å². The highest BCUT2D eigenvalue weighted by molar-refractivity contribution is 4.85. The lowest BCUT2D eigenvalue weighted by molar-refractivity contribution is 0.194. The van der Waals surface area contributed by atoms with Gasteiger partial charge in [-0.2, -0.15) is 0 Å². The molecule has 0 heterocycles. The van der Waals surface area contributed by atoms with E-state index in [1.54, 1.807) is 0 Å². The summed E-state index contributed by atoms with van der Waals surface area (Å²) in [7, 11) is 0. The molecule has 0 radical (unpaired) electrons. The molecule has 0 amide bonds. The summed E-state index contributed by atoms with van der Waals surface area (Å²) in [4.78, 5) is 0. The van der Waals surface area contributed by atoms with Gasteiger partial charge < -0.3 is 5.32 Å². The first-order valence-electron chi connectivity index (χ1n) is 8.13. The summed E-state index contributed by atoms with van der Waals surface area (Å²) in [6, 6.07) is 0.854. The van der Waals surface area contributed by atoms with Gasteiger partial charge in [0.15, 0.2) is 0 Å². The molecule has 1 heteroatoms. The lowest BCUT2D eigenvalue weighted by atomic mass is 9.75. The Morgan fingerprint density at radius 1 is 0.941 bits per heavy atom. The fourth-order valence-corrected chi connectivity index (χ4v) is 3.57. The van der Waals surface area contributed by atoms with Gasteiger partial charge in [0.1, 0.15) is 0 Å². The fraction of sp³-hybridized carbons (Fsp3) is 1.00. The molecule has 1 nitrogen and oxygen atoms in total. The van der Waals surface area contributed by atoms with Crippen molar-refractivity contribution in [1.82, 2.24) is 5.32 Å². The van der Waals surface area contributed by atoms with Crippen LogP contribution >= 0.6 is 0 Å². The smallest absolute Gasteiger partial charge is 0.00979 e. The summed E-state index contributed by atoms with van der Waals surface area (Å²) >= 11 is 0. The zero-order valence-electron chi connectivity index (χ0n) is 11.7.